The number of nitrogens with one attached hydrogen (secondary N) is 3. The summed E-state index contributed by atoms with van der Waals surface area (Å²) in [6, 6.07) is 7.58. The molecule has 0 spiro atoms. The van der Waals surface area contributed by atoms with Crippen molar-refractivity contribution in [3.8, 4) is 5.75 Å². The van der Waals surface area contributed by atoms with Crippen LogP contribution in [0.5, 0.6) is 5.75 Å². The van der Waals surface area contributed by atoms with E-state index >= 15 is 0 Å². The lowest BCUT2D eigenvalue weighted by atomic mass is 10.1. The van der Waals surface area contributed by atoms with Gasteiger partial charge in [-0.25, -0.2) is 0 Å². The maximum absolute atomic E-state index is 9.66. The molecule has 11 nitrogen and oxygen atoms in total. The third kappa shape index (κ3) is 10.2. The first-order valence-corrected chi connectivity index (χ1v) is 11.2. The van der Waals surface area contributed by atoms with Crippen molar-refractivity contribution in [1.29, 1.82) is 0 Å². The van der Waals surface area contributed by atoms with E-state index in [1.54, 1.807) is 7.11 Å². The summed E-state index contributed by atoms with van der Waals surface area (Å²) in [6.07, 6.45) is 0. The van der Waals surface area contributed by atoms with Crippen LogP contribution in [0.4, 0.5) is 17.8 Å². The van der Waals surface area contributed by atoms with Crippen molar-refractivity contribution in [2.45, 2.75) is 26.4 Å². The van der Waals surface area contributed by atoms with Crippen LogP contribution in [0.2, 0.25) is 0 Å². The fraction of sp³-hybridized carbons (Fsp3) is 0.591. The number of aliphatic hydroxyl groups is 1. The summed E-state index contributed by atoms with van der Waals surface area (Å²) in [5.41, 5.74) is 6.43. The van der Waals surface area contributed by atoms with Gasteiger partial charge < -0.3 is 41.0 Å². The Labute approximate surface area is 195 Å². The molecule has 1 heterocycles. The summed E-state index contributed by atoms with van der Waals surface area (Å²) in [5, 5.41) is 19.2. The van der Waals surface area contributed by atoms with Gasteiger partial charge in [0.25, 0.3) is 0 Å². The number of anilines is 3. The number of methoxy groups -OCH3 is 1. The van der Waals surface area contributed by atoms with Gasteiger partial charge in [-0.2, -0.15) is 15.0 Å². The number of nitrogens with two attached hydrogens (primary N) is 1. The molecule has 1 aromatic heterocycles. The molecule has 0 aliphatic heterocycles. The Morgan fingerprint density at radius 1 is 0.909 bits per heavy atom. The second-order valence-corrected chi connectivity index (χ2v) is 7.63. The first kappa shape index (κ1) is 26.5. The average Bonchev–Trinajstić information content (AvgIpc) is 2.83. The fourth-order valence-electron chi connectivity index (χ4n) is 2.75. The van der Waals surface area contributed by atoms with Gasteiger partial charge in [-0.15, -0.1) is 0 Å². The van der Waals surface area contributed by atoms with Crippen LogP contribution in [0.1, 0.15) is 19.4 Å². The van der Waals surface area contributed by atoms with Gasteiger partial charge in [-0.3, -0.25) is 0 Å². The largest absolute Gasteiger partial charge is 0.497 e. The lowest BCUT2D eigenvalue weighted by molar-refractivity contribution is 0.0547. The zero-order chi connectivity index (χ0) is 23.9. The van der Waals surface area contributed by atoms with E-state index in [1.165, 1.54) is 0 Å². The summed E-state index contributed by atoms with van der Waals surface area (Å²) >= 11 is 0. The minimum absolute atomic E-state index is 0.0270. The van der Waals surface area contributed by atoms with Gasteiger partial charge in [0.15, 0.2) is 0 Å². The molecule has 1 aromatic carbocycles. The minimum Gasteiger partial charge on any atom is -0.497 e. The molecule has 0 aliphatic carbocycles. The quantitative estimate of drug-likeness (QED) is 0.216. The number of rotatable bonds is 17. The molecule has 11 heteroatoms. The number of aromatic nitrogens is 3. The van der Waals surface area contributed by atoms with Crippen LogP contribution in [0.15, 0.2) is 24.3 Å². The monoisotopic (exact) mass is 463 g/mol. The molecule has 0 amide bonds. The Kier molecular flexibility index (Phi) is 12.2. The minimum atomic E-state index is -0.174. The van der Waals surface area contributed by atoms with Crippen molar-refractivity contribution >= 4 is 17.8 Å². The Balaban J connectivity index is 1.98. The lowest BCUT2D eigenvalue weighted by Gasteiger charge is -2.20. The molecule has 2 aromatic rings. The van der Waals surface area contributed by atoms with Crippen LogP contribution in [-0.4, -0.2) is 79.3 Å². The van der Waals surface area contributed by atoms with Crippen molar-refractivity contribution in [3.63, 3.8) is 0 Å². The van der Waals surface area contributed by atoms with Crippen molar-refractivity contribution in [3.05, 3.63) is 29.8 Å². The van der Waals surface area contributed by atoms with Crippen LogP contribution < -0.4 is 26.4 Å². The molecule has 0 radical (unpaired) electrons. The van der Waals surface area contributed by atoms with E-state index in [0.717, 1.165) is 11.3 Å². The summed E-state index contributed by atoms with van der Waals surface area (Å²) in [7, 11) is 1.64. The number of aliphatic hydroxyl groups excluding tert-OH is 1. The molecule has 2 rings (SSSR count). The zero-order valence-electron chi connectivity index (χ0n) is 19.7. The molecular formula is C22H37N7O4. The third-order valence-electron chi connectivity index (χ3n) is 4.72. The van der Waals surface area contributed by atoms with Crippen LogP contribution >= 0.6 is 0 Å². The molecule has 1 atom stereocenters. The standard InChI is InChI=1S/C22H37N7O4/c1-16(2)19(15-30)26-22-28-20(24-9-11-33-13-12-32-10-8-23)27-21(29-22)25-14-17-4-6-18(31-3)7-5-17/h4-7,16,19,30H,8-15,23H2,1-3H3,(H3,24,25,26,27,28,29)/t19-/m0/s1. The summed E-state index contributed by atoms with van der Waals surface area (Å²) in [6.45, 7) is 7.57. The molecular weight excluding hydrogens is 426 g/mol. The highest BCUT2D eigenvalue weighted by atomic mass is 16.5. The molecule has 33 heavy (non-hydrogen) atoms. The van der Waals surface area contributed by atoms with Gasteiger partial charge in [0.1, 0.15) is 5.75 Å². The first-order valence-electron chi connectivity index (χ1n) is 11.2. The smallest absolute Gasteiger partial charge is 0.229 e. The Bertz CT molecular complexity index is 793. The number of hydrogen-bond donors (Lipinski definition) is 5. The van der Waals surface area contributed by atoms with E-state index in [-0.39, 0.29) is 18.6 Å². The van der Waals surface area contributed by atoms with Crippen LogP contribution in [0.3, 0.4) is 0 Å². The molecule has 0 aliphatic rings. The summed E-state index contributed by atoms with van der Waals surface area (Å²) in [4.78, 5) is 13.3. The fourth-order valence-corrected chi connectivity index (χ4v) is 2.75. The topological polar surface area (TPSA) is 149 Å². The average molecular weight is 464 g/mol. The first-order chi connectivity index (χ1) is 16.0. The van der Waals surface area contributed by atoms with Crippen LogP contribution in [-0.2, 0) is 16.0 Å². The predicted octanol–water partition coefficient (Wildman–Crippen LogP) is 1.32. The van der Waals surface area contributed by atoms with Crippen molar-refractivity contribution < 1.29 is 19.3 Å². The molecule has 0 fully saturated rings. The van der Waals surface area contributed by atoms with Gasteiger partial charge in [0.05, 0.1) is 46.2 Å². The van der Waals surface area contributed by atoms with E-state index in [1.807, 2.05) is 38.1 Å². The highest BCUT2D eigenvalue weighted by Crippen LogP contribution is 2.15. The van der Waals surface area contributed by atoms with E-state index in [0.29, 0.717) is 63.9 Å². The number of ether oxygens (including phenoxy) is 3. The Hall–Kier alpha value is -2.73. The van der Waals surface area contributed by atoms with Crippen molar-refractivity contribution in [2.24, 2.45) is 11.7 Å². The third-order valence-corrected chi connectivity index (χ3v) is 4.72. The van der Waals surface area contributed by atoms with E-state index in [9.17, 15) is 5.11 Å². The van der Waals surface area contributed by atoms with E-state index < -0.39 is 0 Å². The molecule has 0 saturated heterocycles. The SMILES string of the molecule is COc1ccc(CNc2nc(NCCOCCOCCN)nc(N[C@@H](CO)C(C)C)n2)cc1. The Morgan fingerprint density at radius 2 is 1.55 bits per heavy atom. The highest BCUT2D eigenvalue weighted by Gasteiger charge is 2.15. The highest BCUT2D eigenvalue weighted by molar-refractivity contribution is 5.43. The van der Waals surface area contributed by atoms with E-state index in [4.69, 9.17) is 19.9 Å². The maximum Gasteiger partial charge on any atom is 0.229 e. The summed E-state index contributed by atoms with van der Waals surface area (Å²) in [5.74, 6) is 2.21. The zero-order valence-corrected chi connectivity index (χ0v) is 19.7. The van der Waals surface area contributed by atoms with Gasteiger partial charge in [0.2, 0.25) is 17.8 Å². The van der Waals surface area contributed by atoms with Crippen LogP contribution in [0, 0.1) is 5.92 Å². The van der Waals surface area contributed by atoms with Gasteiger partial charge in [-0.05, 0) is 23.6 Å². The predicted molar refractivity (Wildman–Crippen MR) is 129 cm³/mol. The van der Waals surface area contributed by atoms with Gasteiger partial charge in [0, 0.05) is 19.6 Å². The molecule has 0 saturated carbocycles. The second-order valence-electron chi connectivity index (χ2n) is 7.63. The van der Waals surface area contributed by atoms with Gasteiger partial charge in [-0.1, -0.05) is 26.0 Å². The number of hydrogen-bond acceptors (Lipinski definition) is 11. The lowest BCUT2D eigenvalue weighted by Crippen LogP contribution is -2.30. The number of benzene rings is 1. The second kappa shape index (κ2) is 15.2. The van der Waals surface area contributed by atoms with Crippen molar-refractivity contribution in [1.82, 2.24) is 15.0 Å². The molecule has 0 bridgehead atoms. The molecule has 0 unspecified atom stereocenters. The molecule has 184 valence electrons. The van der Waals surface area contributed by atoms with Crippen LogP contribution in [0.25, 0.3) is 0 Å². The summed E-state index contributed by atoms with van der Waals surface area (Å²) < 4.78 is 16.0. The Morgan fingerprint density at radius 3 is 2.15 bits per heavy atom. The molecule has 6 N–H and O–H groups in total. The normalized spacial score (nSPS) is 11.9. The number of nitrogens with zero attached hydrogens (tertiary/aromatic N) is 3. The van der Waals surface area contributed by atoms with Crippen molar-refractivity contribution in [2.75, 3.05) is 69.2 Å². The maximum atomic E-state index is 9.66. The van der Waals surface area contributed by atoms with Gasteiger partial charge >= 0.3 is 0 Å². The van der Waals surface area contributed by atoms with E-state index in [2.05, 4.69) is 30.9 Å².